The minimum Gasteiger partial charge on any atom is -0.335 e. The van der Waals surface area contributed by atoms with E-state index < -0.39 is 0 Å². The Morgan fingerprint density at radius 2 is 1.54 bits per heavy atom. The first-order chi connectivity index (χ1) is 12.4. The van der Waals surface area contributed by atoms with Gasteiger partial charge in [-0.15, -0.1) is 0 Å². The van der Waals surface area contributed by atoms with Crippen LogP contribution in [0, 0.1) is 0 Å². The van der Waals surface area contributed by atoms with Crippen molar-refractivity contribution >= 4 is 40.7 Å². The summed E-state index contributed by atoms with van der Waals surface area (Å²) in [5.74, 6) is -0.509. The normalized spacial score (nSPS) is 10.7. The van der Waals surface area contributed by atoms with E-state index in [2.05, 4.69) is 5.32 Å². The van der Waals surface area contributed by atoms with Gasteiger partial charge < -0.3 is 10.2 Å². The molecule has 7 heteroatoms. The molecule has 0 saturated heterocycles. The van der Waals surface area contributed by atoms with Gasteiger partial charge >= 0.3 is 0 Å². The van der Waals surface area contributed by atoms with Crippen LogP contribution < -0.4 is 5.32 Å². The largest absolute Gasteiger partial charge is 0.335 e. The number of likely N-dealkylation sites (N-methyl/N-ethyl adjacent to an activating group) is 2. The number of nitrogens with zero attached hydrogens (tertiary/aromatic N) is 2. The lowest BCUT2D eigenvalue weighted by Gasteiger charge is -2.22. The molecule has 0 aromatic heterocycles. The average Bonchev–Trinajstić information content (AvgIpc) is 2.59. The molecule has 0 aliphatic rings. The van der Waals surface area contributed by atoms with Crippen molar-refractivity contribution in [3.8, 4) is 0 Å². The molecule has 2 amide bonds. The fraction of sp³-hybridized carbons (Fsp3) is 0.263. The molecule has 0 heterocycles. The molecule has 2 aromatic carbocycles. The summed E-state index contributed by atoms with van der Waals surface area (Å²) in [6.07, 6.45) is 0. The van der Waals surface area contributed by atoms with Gasteiger partial charge in [0.05, 0.1) is 28.8 Å². The SMILES string of the molecule is CN(CC(=O)N(C)CC(=O)Nc1c(Cl)cccc1Cl)Cc1ccccc1. The van der Waals surface area contributed by atoms with E-state index in [-0.39, 0.29) is 24.9 Å². The summed E-state index contributed by atoms with van der Waals surface area (Å²) < 4.78 is 0. The molecule has 2 rings (SSSR count). The second kappa shape index (κ2) is 9.57. The number of carbonyl (C=O) groups excluding carboxylic acids is 2. The van der Waals surface area contributed by atoms with Gasteiger partial charge in [0.2, 0.25) is 11.8 Å². The molecule has 0 aliphatic carbocycles. The third-order valence-electron chi connectivity index (χ3n) is 3.73. The van der Waals surface area contributed by atoms with Crippen LogP contribution in [0.1, 0.15) is 5.56 Å². The molecule has 5 nitrogen and oxygen atoms in total. The predicted octanol–water partition coefficient (Wildman–Crippen LogP) is 3.52. The first-order valence-electron chi connectivity index (χ1n) is 8.07. The van der Waals surface area contributed by atoms with Crippen LogP contribution in [0.25, 0.3) is 0 Å². The topological polar surface area (TPSA) is 52.7 Å². The molecule has 0 atom stereocenters. The van der Waals surface area contributed by atoms with E-state index in [0.717, 1.165) is 5.56 Å². The van der Waals surface area contributed by atoms with Gasteiger partial charge in [-0.3, -0.25) is 14.5 Å². The molecule has 0 unspecified atom stereocenters. The number of benzene rings is 2. The zero-order chi connectivity index (χ0) is 19.1. The molecule has 2 aromatic rings. The predicted molar refractivity (Wildman–Crippen MR) is 106 cm³/mol. The molecule has 26 heavy (non-hydrogen) atoms. The summed E-state index contributed by atoms with van der Waals surface area (Å²) >= 11 is 12.1. The highest BCUT2D eigenvalue weighted by Crippen LogP contribution is 2.29. The molecular formula is C19H21Cl2N3O2. The molecule has 1 N–H and O–H groups in total. The van der Waals surface area contributed by atoms with Crippen LogP contribution in [-0.2, 0) is 16.1 Å². The Morgan fingerprint density at radius 1 is 0.923 bits per heavy atom. The molecule has 0 fully saturated rings. The van der Waals surface area contributed by atoms with Gasteiger partial charge in [-0.1, -0.05) is 59.6 Å². The van der Waals surface area contributed by atoms with E-state index in [1.54, 1.807) is 25.2 Å². The van der Waals surface area contributed by atoms with E-state index in [0.29, 0.717) is 22.3 Å². The van der Waals surface area contributed by atoms with Gasteiger partial charge in [-0.25, -0.2) is 0 Å². The Labute approximate surface area is 163 Å². The van der Waals surface area contributed by atoms with Crippen LogP contribution in [0.5, 0.6) is 0 Å². The highest BCUT2D eigenvalue weighted by Gasteiger charge is 2.16. The van der Waals surface area contributed by atoms with Crippen molar-refractivity contribution in [2.75, 3.05) is 32.5 Å². The minimum atomic E-state index is -0.360. The lowest BCUT2D eigenvalue weighted by Crippen LogP contribution is -2.40. The van der Waals surface area contributed by atoms with Gasteiger partial charge in [-0.05, 0) is 24.7 Å². The van der Waals surface area contributed by atoms with Crippen molar-refractivity contribution in [3.63, 3.8) is 0 Å². The van der Waals surface area contributed by atoms with E-state index in [9.17, 15) is 9.59 Å². The van der Waals surface area contributed by atoms with Crippen molar-refractivity contribution in [1.82, 2.24) is 9.80 Å². The average molecular weight is 394 g/mol. The Hall–Kier alpha value is -2.08. The lowest BCUT2D eigenvalue weighted by molar-refractivity contribution is -0.134. The third kappa shape index (κ3) is 6.02. The number of halogens is 2. The number of anilines is 1. The number of para-hydroxylation sites is 1. The van der Waals surface area contributed by atoms with Crippen LogP contribution in [0.4, 0.5) is 5.69 Å². The van der Waals surface area contributed by atoms with Gasteiger partial charge in [0.1, 0.15) is 0 Å². The summed E-state index contributed by atoms with van der Waals surface area (Å²) in [6.45, 7) is 0.785. The van der Waals surface area contributed by atoms with Crippen molar-refractivity contribution in [3.05, 3.63) is 64.1 Å². The molecular weight excluding hydrogens is 373 g/mol. The fourth-order valence-electron chi connectivity index (χ4n) is 2.40. The second-order valence-corrected chi connectivity index (χ2v) is 6.87. The van der Waals surface area contributed by atoms with E-state index >= 15 is 0 Å². The van der Waals surface area contributed by atoms with Gasteiger partial charge in [-0.2, -0.15) is 0 Å². The van der Waals surface area contributed by atoms with E-state index in [4.69, 9.17) is 23.2 Å². The van der Waals surface area contributed by atoms with Crippen molar-refractivity contribution in [2.24, 2.45) is 0 Å². The maximum atomic E-state index is 12.3. The Bertz CT molecular complexity index is 748. The quantitative estimate of drug-likeness (QED) is 0.782. The van der Waals surface area contributed by atoms with Gasteiger partial charge in [0.25, 0.3) is 0 Å². The number of amides is 2. The lowest BCUT2D eigenvalue weighted by atomic mass is 10.2. The van der Waals surface area contributed by atoms with Crippen molar-refractivity contribution < 1.29 is 9.59 Å². The summed E-state index contributed by atoms with van der Waals surface area (Å²) in [5.41, 5.74) is 1.47. The number of hydrogen-bond acceptors (Lipinski definition) is 3. The zero-order valence-corrected chi connectivity index (χ0v) is 16.2. The highest BCUT2D eigenvalue weighted by atomic mass is 35.5. The molecule has 0 spiro atoms. The summed E-state index contributed by atoms with van der Waals surface area (Å²) in [5, 5.41) is 3.35. The smallest absolute Gasteiger partial charge is 0.244 e. The first-order valence-corrected chi connectivity index (χ1v) is 8.82. The number of rotatable bonds is 7. The van der Waals surface area contributed by atoms with Crippen molar-refractivity contribution in [1.29, 1.82) is 0 Å². The monoisotopic (exact) mass is 393 g/mol. The van der Waals surface area contributed by atoms with Crippen LogP contribution in [0.2, 0.25) is 10.0 Å². The van der Waals surface area contributed by atoms with Crippen LogP contribution in [0.15, 0.2) is 48.5 Å². The Balaban J connectivity index is 1.85. The Kier molecular flexibility index (Phi) is 7.45. The number of hydrogen-bond donors (Lipinski definition) is 1. The molecule has 138 valence electrons. The summed E-state index contributed by atoms with van der Waals surface area (Å²) in [4.78, 5) is 27.8. The number of carbonyl (C=O) groups is 2. The van der Waals surface area contributed by atoms with E-state index in [1.165, 1.54) is 4.90 Å². The van der Waals surface area contributed by atoms with E-state index in [1.807, 2.05) is 42.3 Å². The first kappa shape index (κ1) is 20.2. The van der Waals surface area contributed by atoms with Gasteiger partial charge in [0, 0.05) is 13.6 Å². The molecule has 0 saturated carbocycles. The highest BCUT2D eigenvalue weighted by molar-refractivity contribution is 6.39. The van der Waals surface area contributed by atoms with Gasteiger partial charge in [0.15, 0.2) is 0 Å². The number of nitrogens with one attached hydrogen (secondary N) is 1. The van der Waals surface area contributed by atoms with Crippen LogP contribution >= 0.6 is 23.2 Å². The fourth-order valence-corrected chi connectivity index (χ4v) is 2.89. The maximum Gasteiger partial charge on any atom is 0.244 e. The molecule has 0 radical (unpaired) electrons. The summed E-state index contributed by atoms with van der Waals surface area (Å²) in [7, 11) is 3.45. The summed E-state index contributed by atoms with van der Waals surface area (Å²) in [6, 6.07) is 14.8. The minimum absolute atomic E-state index is 0.0838. The second-order valence-electron chi connectivity index (χ2n) is 6.05. The zero-order valence-electron chi connectivity index (χ0n) is 14.7. The standard InChI is InChI=1S/C19H21Cl2N3O2/c1-23(11-14-7-4-3-5-8-14)13-18(26)24(2)12-17(25)22-19-15(20)9-6-10-16(19)21/h3-10H,11-13H2,1-2H3,(H,22,25). The van der Waals surface area contributed by atoms with Crippen LogP contribution in [0.3, 0.4) is 0 Å². The third-order valence-corrected chi connectivity index (χ3v) is 4.36. The van der Waals surface area contributed by atoms with Crippen molar-refractivity contribution in [2.45, 2.75) is 6.54 Å². The maximum absolute atomic E-state index is 12.3. The molecule has 0 bridgehead atoms. The van der Waals surface area contributed by atoms with Crippen LogP contribution in [-0.4, -0.2) is 48.8 Å². The molecule has 0 aliphatic heterocycles. The Morgan fingerprint density at radius 3 is 2.15 bits per heavy atom.